The van der Waals surface area contributed by atoms with Gasteiger partial charge in [-0.1, -0.05) is 18.2 Å². The second-order valence-electron chi connectivity index (χ2n) is 6.00. The van der Waals surface area contributed by atoms with Gasteiger partial charge in [-0.2, -0.15) is 0 Å². The Morgan fingerprint density at radius 2 is 2.00 bits per heavy atom. The molecule has 1 aromatic carbocycles. The molecular formula is C16H26N2O. The van der Waals surface area contributed by atoms with Gasteiger partial charge in [-0.15, -0.1) is 0 Å². The predicted octanol–water partition coefficient (Wildman–Crippen LogP) is 2.41. The van der Waals surface area contributed by atoms with Gasteiger partial charge in [0.25, 0.3) is 0 Å². The first-order valence-corrected chi connectivity index (χ1v) is 7.28. The summed E-state index contributed by atoms with van der Waals surface area (Å²) in [5, 5.41) is 13.1. The van der Waals surface area contributed by atoms with E-state index in [4.69, 9.17) is 0 Å². The molecule has 2 N–H and O–H groups in total. The van der Waals surface area contributed by atoms with Crippen molar-refractivity contribution >= 4 is 5.69 Å². The fourth-order valence-electron chi connectivity index (χ4n) is 2.44. The molecule has 0 amide bonds. The molecule has 106 valence electrons. The third kappa shape index (κ3) is 4.51. The van der Waals surface area contributed by atoms with Crippen LogP contribution in [0.3, 0.4) is 0 Å². The second-order valence-corrected chi connectivity index (χ2v) is 6.00. The van der Waals surface area contributed by atoms with Crippen molar-refractivity contribution in [3.63, 3.8) is 0 Å². The topological polar surface area (TPSA) is 35.5 Å². The average molecular weight is 262 g/mol. The highest BCUT2D eigenvalue weighted by atomic mass is 16.3. The van der Waals surface area contributed by atoms with Crippen LogP contribution in [0.25, 0.3) is 0 Å². The maximum atomic E-state index is 9.57. The highest BCUT2D eigenvalue weighted by Crippen LogP contribution is 2.24. The van der Waals surface area contributed by atoms with Crippen molar-refractivity contribution in [3.05, 3.63) is 30.3 Å². The van der Waals surface area contributed by atoms with E-state index in [1.165, 1.54) is 18.5 Å². The fraction of sp³-hybridized carbons (Fsp3) is 0.625. The van der Waals surface area contributed by atoms with Crippen molar-refractivity contribution in [2.24, 2.45) is 0 Å². The molecule has 0 heterocycles. The first-order valence-electron chi connectivity index (χ1n) is 7.28. The van der Waals surface area contributed by atoms with E-state index in [0.717, 1.165) is 19.4 Å². The molecular weight excluding hydrogens is 236 g/mol. The first kappa shape index (κ1) is 14.4. The molecule has 1 aliphatic rings. The SMILES string of the molecule is CN(CCCC(C)(CO)NC1CC1)c1ccccc1. The van der Waals surface area contributed by atoms with Gasteiger partial charge in [-0.25, -0.2) is 0 Å². The van der Waals surface area contributed by atoms with Gasteiger partial charge in [-0.05, 0) is 44.7 Å². The van der Waals surface area contributed by atoms with Crippen LogP contribution in [0.2, 0.25) is 0 Å². The van der Waals surface area contributed by atoms with E-state index < -0.39 is 0 Å². The monoisotopic (exact) mass is 262 g/mol. The molecule has 0 saturated heterocycles. The predicted molar refractivity (Wildman–Crippen MR) is 80.6 cm³/mol. The van der Waals surface area contributed by atoms with Crippen LogP contribution in [0, 0.1) is 0 Å². The largest absolute Gasteiger partial charge is 0.394 e. The lowest BCUT2D eigenvalue weighted by molar-refractivity contribution is 0.162. The molecule has 1 fully saturated rings. The number of anilines is 1. The lowest BCUT2D eigenvalue weighted by Gasteiger charge is -2.30. The molecule has 1 atom stereocenters. The van der Waals surface area contributed by atoms with E-state index in [1.807, 2.05) is 6.07 Å². The van der Waals surface area contributed by atoms with Gasteiger partial charge >= 0.3 is 0 Å². The summed E-state index contributed by atoms with van der Waals surface area (Å²) in [5.74, 6) is 0. The Bertz CT molecular complexity index is 378. The summed E-state index contributed by atoms with van der Waals surface area (Å²) in [4.78, 5) is 2.27. The summed E-state index contributed by atoms with van der Waals surface area (Å²) in [6.45, 7) is 3.37. The fourth-order valence-corrected chi connectivity index (χ4v) is 2.44. The Kier molecular flexibility index (Phi) is 4.83. The minimum atomic E-state index is -0.112. The number of aliphatic hydroxyl groups excluding tert-OH is 1. The summed E-state index contributed by atoms with van der Waals surface area (Å²) in [6, 6.07) is 11.1. The van der Waals surface area contributed by atoms with Crippen molar-refractivity contribution in [1.29, 1.82) is 0 Å². The quantitative estimate of drug-likeness (QED) is 0.755. The third-order valence-electron chi connectivity index (χ3n) is 3.90. The van der Waals surface area contributed by atoms with Crippen LogP contribution >= 0.6 is 0 Å². The van der Waals surface area contributed by atoms with Gasteiger partial charge in [0.1, 0.15) is 0 Å². The number of aliphatic hydroxyl groups is 1. The van der Waals surface area contributed by atoms with Crippen LogP contribution in [-0.4, -0.2) is 36.9 Å². The Balaban J connectivity index is 1.75. The van der Waals surface area contributed by atoms with Crippen molar-refractivity contribution in [2.45, 2.75) is 44.2 Å². The van der Waals surface area contributed by atoms with Crippen molar-refractivity contribution < 1.29 is 5.11 Å². The average Bonchev–Trinajstić information content (AvgIpc) is 3.23. The Hall–Kier alpha value is -1.06. The summed E-state index contributed by atoms with van der Waals surface area (Å²) in [7, 11) is 2.12. The molecule has 0 aromatic heterocycles. The maximum Gasteiger partial charge on any atom is 0.0610 e. The number of hydrogen-bond acceptors (Lipinski definition) is 3. The van der Waals surface area contributed by atoms with E-state index in [-0.39, 0.29) is 12.1 Å². The minimum Gasteiger partial charge on any atom is -0.394 e. The van der Waals surface area contributed by atoms with Crippen LogP contribution in [0.4, 0.5) is 5.69 Å². The number of nitrogens with zero attached hydrogens (tertiary/aromatic N) is 1. The van der Waals surface area contributed by atoms with Gasteiger partial charge in [-0.3, -0.25) is 0 Å². The van der Waals surface area contributed by atoms with Gasteiger partial charge in [0, 0.05) is 30.9 Å². The second kappa shape index (κ2) is 6.40. The van der Waals surface area contributed by atoms with Crippen molar-refractivity contribution in [3.8, 4) is 0 Å². The zero-order valence-electron chi connectivity index (χ0n) is 12.1. The van der Waals surface area contributed by atoms with Crippen LogP contribution in [0.1, 0.15) is 32.6 Å². The van der Waals surface area contributed by atoms with E-state index in [0.29, 0.717) is 6.04 Å². The molecule has 0 radical (unpaired) electrons. The van der Waals surface area contributed by atoms with E-state index in [1.54, 1.807) is 0 Å². The van der Waals surface area contributed by atoms with Crippen LogP contribution < -0.4 is 10.2 Å². The number of hydrogen-bond donors (Lipinski definition) is 2. The van der Waals surface area contributed by atoms with Gasteiger partial charge in [0.05, 0.1) is 6.61 Å². The summed E-state index contributed by atoms with van der Waals surface area (Å²) < 4.78 is 0. The highest BCUT2D eigenvalue weighted by Gasteiger charge is 2.31. The highest BCUT2D eigenvalue weighted by molar-refractivity contribution is 5.44. The van der Waals surface area contributed by atoms with Crippen molar-refractivity contribution in [1.82, 2.24) is 5.32 Å². The molecule has 1 saturated carbocycles. The summed E-state index contributed by atoms with van der Waals surface area (Å²) >= 11 is 0. The number of nitrogens with one attached hydrogen (secondary N) is 1. The molecule has 3 nitrogen and oxygen atoms in total. The minimum absolute atomic E-state index is 0.112. The van der Waals surface area contributed by atoms with Gasteiger partial charge in [0.15, 0.2) is 0 Å². The molecule has 0 aliphatic heterocycles. The van der Waals surface area contributed by atoms with E-state index in [9.17, 15) is 5.11 Å². The van der Waals surface area contributed by atoms with Crippen LogP contribution in [0.15, 0.2) is 30.3 Å². The first-order chi connectivity index (χ1) is 9.13. The Morgan fingerprint density at radius 1 is 1.32 bits per heavy atom. The molecule has 1 aliphatic carbocycles. The van der Waals surface area contributed by atoms with E-state index in [2.05, 4.69) is 48.5 Å². The molecule has 19 heavy (non-hydrogen) atoms. The number of para-hydroxylation sites is 1. The van der Waals surface area contributed by atoms with Gasteiger partial charge < -0.3 is 15.3 Å². The van der Waals surface area contributed by atoms with Crippen molar-refractivity contribution in [2.75, 3.05) is 25.1 Å². The zero-order chi connectivity index (χ0) is 13.7. The molecule has 0 bridgehead atoms. The van der Waals surface area contributed by atoms with Crippen LogP contribution in [0.5, 0.6) is 0 Å². The van der Waals surface area contributed by atoms with Crippen LogP contribution in [-0.2, 0) is 0 Å². The number of benzene rings is 1. The summed E-state index contributed by atoms with van der Waals surface area (Å²) in [6.07, 6.45) is 4.62. The van der Waals surface area contributed by atoms with Gasteiger partial charge in [0.2, 0.25) is 0 Å². The smallest absolute Gasteiger partial charge is 0.0610 e. The molecule has 2 rings (SSSR count). The Morgan fingerprint density at radius 3 is 2.58 bits per heavy atom. The number of rotatable bonds is 8. The molecule has 0 spiro atoms. The molecule has 3 heteroatoms. The lowest BCUT2D eigenvalue weighted by Crippen LogP contribution is -2.47. The summed E-state index contributed by atoms with van der Waals surface area (Å²) in [5.41, 5.74) is 1.14. The molecule has 1 unspecified atom stereocenters. The normalized spacial score (nSPS) is 18.1. The zero-order valence-corrected chi connectivity index (χ0v) is 12.1. The standard InChI is InChI=1S/C16H26N2O/c1-16(13-19,17-14-9-10-14)11-6-12-18(2)15-7-4-3-5-8-15/h3-5,7-8,14,17,19H,6,9-13H2,1-2H3. The maximum absolute atomic E-state index is 9.57. The third-order valence-corrected chi connectivity index (χ3v) is 3.90. The molecule has 1 aromatic rings. The Labute approximate surface area is 116 Å². The lowest BCUT2D eigenvalue weighted by atomic mass is 9.96. The van der Waals surface area contributed by atoms with E-state index >= 15 is 0 Å².